The van der Waals surface area contributed by atoms with Crippen LogP contribution in [0.1, 0.15) is 6.42 Å². The van der Waals surface area contributed by atoms with Crippen LogP contribution in [0.2, 0.25) is 0 Å². The van der Waals surface area contributed by atoms with Crippen LogP contribution in [0.5, 0.6) is 0 Å². The van der Waals surface area contributed by atoms with E-state index in [1.165, 1.54) is 0 Å². The summed E-state index contributed by atoms with van der Waals surface area (Å²) in [5.74, 6) is 0. The predicted molar refractivity (Wildman–Crippen MR) is 39.5 cm³/mol. The quantitative estimate of drug-likeness (QED) is 0.531. The van der Waals surface area contributed by atoms with Gasteiger partial charge < -0.3 is 4.74 Å². The highest BCUT2D eigenvalue weighted by Crippen LogP contribution is 2.34. The third kappa shape index (κ3) is 1.87. The Morgan fingerprint density at radius 1 is 1.44 bits per heavy atom. The van der Waals surface area contributed by atoms with Gasteiger partial charge in [-0.2, -0.15) is 0 Å². The van der Waals surface area contributed by atoms with Gasteiger partial charge in [0.1, 0.15) is 0 Å². The van der Waals surface area contributed by atoms with Crippen molar-refractivity contribution in [2.45, 2.75) is 16.1 Å². The van der Waals surface area contributed by atoms with Gasteiger partial charge in [0.2, 0.25) is 0 Å². The van der Waals surface area contributed by atoms with Crippen LogP contribution >= 0.6 is 34.8 Å². The lowest BCUT2D eigenvalue weighted by atomic mass is 10.2. The molecule has 9 heavy (non-hydrogen) atoms. The summed E-state index contributed by atoms with van der Waals surface area (Å²) in [4.78, 5) is 0. The summed E-state index contributed by atoms with van der Waals surface area (Å²) in [5.41, 5.74) is 0. The van der Waals surface area contributed by atoms with Gasteiger partial charge in [-0.25, -0.2) is 0 Å². The standard InChI is InChI=1S/C5H7Cl3O/c6-4-1-2-9-3-5(4,7)8/h4H,1-3H2. The minimum Gasteiger partial charge on any atom is -0.378 e. The molecular weight excluding hydrogens is 182 g/mol. The summed E-state index contributed by atoms with van der Waals surface area (Å²) >= 11 is 17.2. The fourth-order valence-electron chi connectivity index (χ4n) is 0.697. The van der Waals surface area contributed by atoms with Gasteiger partial charge in [-0.15, -0.1) is 11.6 Å². The van der Waals surface area contributed by atoms with Gasteiger partial charge in [-0.1, -0.05) is 23.2 Å². The lowest BCUT2D eigenvalue weighted by Gasteiger charge is -2.29. The Balaban J connectivity index is 2.49. The van der Waals surface area contributed by atoms with Crippen LogP contribution in [0.4, 0.5) is 0 Å². The normalized spacial score (nSPS) is 34.3. The zero-order valence-corrected chi connectivity index (χ0v) is 7.01. The molecule has 4 heteroatoms. The first-order valence-electron chi connectivity index (χ1n) is 2.72. The minimum absolute atomic E-state index is 0.172. The van der Waals surface area contributed by atoms with Gasteiger partial charge in [-0.05, 0) is 6.42 Å². The molecule has 0 N–H and O–H groups in total. The number of ether oxygens (including phenoxy) is 1. The Hall–Kier alpha value is 0.830. The van der Waals surface area contributed by atoms with Crippen LogP contribution < -0.4 is 0 Å². The molecule has 0 bridgehead atoms. The summed E-state index contributed by atoms with van der Waals surface area (Å²) in [7, 11) is 0. The fourth-order valence-corrected chi connectivity index (χ4v) is 1.22. The highest BCUT2D eigenvalue weighted by Gasteiger charge is 2.36. The molecule has 0 saturated carbocycles. The number of alkyl halides is 3. The van der Waals surface area contributed by atoms with Crippen molar-refractivity contribution in [2.24, 2.45) is 0 Å². The van der Waals surface area contributed by atoms with E-state index in [4.69, 9.17) is 39.5 Å². The number of rotatable bonds is 0. The van der Waals surface area contributed by atoms with Crippen molar-refractivity contribution in [1.29, 1.82) is 0 Å². The molecule has 1 aliphatic heterocycles. The average Bonchev–Trinajstić information content (AvgIpc) is 1.77. The molecule has 1 saturated heterocycles. The first kappa shape index (κ1) is 7.93. The second-order valence-electron chi connectivity index (χ2n) is 2.07. The largest absolute Gasteiger partial charge is 0.378 e. The molecular formula is C5H7Cl3O. The molecule has 0 aliphatic carbocycles. The van der Waals surface area contributed by atoms with E-state index in [2.05, 4.69) is 0 Å². The van der Waals surface area contributed by atoms with E-state index in [1.807, 2.05) is 0 Å². The van der Waals surface area contributed by atoms with E-state index >= 15 is 0 Å². The van der Waals surface area contributed by atoms with E-state index in [1.54, 1.807) is 0 Å². The second-order valence-corrected chi connectivity index (χ2v) is 4.14. The third-order valence-electron chi connectivity index (χ3n) is 1.27. The van der Waals surface area contributed by atoms with Gasteiger partial charge in [-0.3, -0.25) is 0 Å². The molecule has 0 aromatic carbocycles. The van der Waals surface area contributed by atoms with Crippen molar-refractivity contribution in [3.8, 4) is 0 Å². The van der Waals surface area contributed by atoms with Crippen LogP contribution in [0, 0.1) is 0 Å². The number of hydrogen-bond acceptors (Lipinski definition) is 1. The SMILES string of the molecule is ClC1CCOCC1(Cl)Cl. The summed E-state index contributed by atoms with van der Waals surface area (Å²) in [6.45, 7) is 1.000. The maximum absolute atomic E-state index is 5.76. The predicted octanol–water partition coefficient (Wildman–Crippen LogP) is 2.19. The van der Waals surface area contributed by atoms with E-state index in [0.717, 1.165) is 6.42 Å². The van der Waals surface area contributed by atoms with Gasteiger partial charge >= 0.3 is 0 Å². The number of halogens is 3. The van der Waals surface area contributed by atoms with E-state index < -0.39 is 4.33 Å². The van der Waals surface area contributed by atoms with Gasteiger partial charge in [0, 0.05) is 6.61 Å². The van der Waals surface area contributed by atoms with E-state index in [9.17, 15) is 0 Å². The second kappa shape index (κ2) is 2.83. The maximum Gasteiger partial charge on any atom is 0.157 e. The molecule has 0 amide bonds. The van der Waals surface area contributed by atoms with E-state index in [0.29, 0.717) is 13.2 Å². The third-order valence-corrected chi connectivity index (χ3v) is 2.83. The van der Waals surface area contributed by atoms with Crippen molar-refractivity contribution in [1.82, 2.24) is 0 Å². The summed E-state index contributed by atoms with van der Waals surface area (Å²) in [6, 6.07) is 0. The average molecular weight is 189 g/mol. The van der Waals surface area contributed by atoms with Crippen molar-refractivity contribution >= 4 is 34.8 Å². The lowest BCUT2D eigenvalue weighted by Crippen LogP contribution is -2.37. The van der Waals surface area contributed by atoms with Crippen LogP contribution in [0.15, 0.2) is 0 Å². The molecule has 1 atom stereocenters. The molecule has 0 aromatic rings. The van der Waals surface area contributed by atoms with Crippen molar-refractivity contribution in [3.05, 3.63) is 0 Å². The van der Waals surface area contributed by atoms with Gasteiger partial charge in [0.15, 0.2) is 4.33 Å². The Morgan fingerprint density at radius 2 is 2.11 bits per heavy atom. The molecule has 1 nitrogen and oxygen atoms in total. The summed E-state index contributed by atoms with van der Waals surface area (Å²) in [6.07, 6.45) is 0.731. The molecule has 1 fully saturated rings. The molecule has 54 valence electrons. The smallest absolute Gasteiger partial charge is 0.157 e. The van der Waals surface area contributed by atoms with Crippen molar-refractivity contribution < 1.29 is 4.74 Å². The molecule has 0 spiro atoms. The molecule has 1 unspecified atom stereocenters. The zero-order valence-electron chi connectivity index (χ0n) is 4.74. The lowest BCUT2D eigenvalue weighted by molar-refractivity contribution is 0.0919. The summed E-state index contributed by atoms with van der Waals surface area (Å²) < 4.78 is 4.13. The molecule has 0 aromatic heterocycles. The van der Waals surface area contributed by atoms with Gasteiger partial charge in [0.05, 0.1) is 12.0 Å². The topological polar surface area (TPSA) is 9.23 Å². The molecule has 0 radical (unpaired) electrons. The Labute approximate surface area is 69.2 Å². The Bertz CT molecular complexity index is 104. The maximum atomic E-state index is 5.76. The van der Waals surface area contributed by atoms with Crippen LogP contribution in [-0.4, -0.2) is 22.9 Å². The first-order chi connectivity index (χ1) is 4.13. The fraction of sp³-hybridized carbons (Fsp3) is 1.00. The molecule has 1 aliphatic rings. The highest BCUT2D eigenvalue weighted by molar-refractivity contribution is 6.52. The Morgan fingerprint density at radius 3 is 2.44 bits per heavy atom. The number of hydrogen-bond donors (Lipinski definition) is 0. The van der Waals surface area contributed by atoms with Crippen LogP contribution in [-0.2, 0) is 4.74 Å². The van der Waals surface area contributed by atoms with Crippen LogP contribution in [0.25, 0.3) is 0 Å². The molecule has 1 heterocycles. The van der Waals surface area contributed by atoms with Crippen molar-refractivity contribution in [3.63, 3.8) is 0 Å². The monoisotopic (exact) mass is 188 g/mol. The van der Waals surface area contributed by atoms with E-state index in [-0.39, 0.29) is 5.38 Å². The van der Waals surface area contributed by atoms with Crippen molar-refractivity contribution in [2.75, 3.05) is 13.2 Å². The zero-order chi connectivity index (χ0) is 6.91. The van der Waals surface area contributed by atoms with Gasteiger partial charge in [0.25, 0.3) is 0 Å². The first-order valence-corrected chi connectivity index (χ1v) is 3.92. The molecule has 1 rings (SSSR count). The van der Waals surface area contributed by atoms with Crippen LogP contribution in [0.3, 0.4) is 0 Å². The highest BCUT2D eigenvalue weighted by atomic mass is 35.5. The summed E-state index contributed by atoms with van der Waals surface area (Å²) in [5, 5.41) is -0.172. The Kier molecular flexibility index (Phi) is 2.49. The minimum atomic E-state index is -0.875.